The fourth-order valence-electron chi connectivity index (χ4n) is 2.04. The Kier molecular flexibility index (Phi) is 6.81. The first-order chi connectivity index (χ1) is 10.4. The number of hydrogen-bond acceptors (Lipinski definition) is 2. The lowest BCUT2D eigenvalue weighted by atomic mass is 10.1. The van der Waals surface area contributed by atoms with Crippen LogP contribution in [0.25, 0.3) is 0 Å². The van der Waals surface area contributed by atoms with Crippen molar-refractivity contribution in [2.24, 2.45) is 4.99 Å². The maximum atomic E-state index is 4.62. The van der Waals surface area contributed by atoms with Gasteiger partial charge in [-0.05, 0) is 30.4 Å². The predicted molar refractivity (Wildman–Crippen MR) is 92.2 cm³/mol. The second kappa shape index (κ2) is 9.19. The average molecular weight is 301 g/mol. The Hall–Kier alpha value is -1.81. The van der Waals surface area contributed by atoms with E-state index in [2.05, 4.69) is 64.3 Å². The van der Waals surface area contributed by atoms with E-state index in [0.717, 1.165) is 38.4 Å². The van der Waals surface area contributed by atoms with Crippen molar-refractivity contribution in [3.8, 4) is 0 Å². The highest BCUT2D eigenvalue weighted by atomic mass is 32.1. The Morgan fingerprint density at radius 3 is 2.62 bits per heavy atom. The molecular formula is C17H23N3S. The van der Waals surface area contributed by atoms with Gasteiger partial charge < -0.3 is 10.6 Å². The summed E-state index contributed by atoms with van der Waals surface area (Å²) in [5.74, 6) is 0.907. The summed E-state index contributed by atoms with van der Waals surface area (Å²) in [4.78, 5) is 6.01. The Morgan fingerprint density at radius 1 is 1.05 bits per heavy atom. The predicted octanol–water partition coefficient (Wildman–Crippen LogP) is 3.09. The zero-order valence-electron chi connectivity index (χ0n) is 12.5. The number of benzene rings is 1. The van der Waals surface area contributed by atoms with Crippen molar-refractivity contribution in [2.45, 2.75) is 19.8 Å². The molecule has 2 aromatic rings. The number of guanidine groups is 1. The molecule has 0 spiro atoms. The molecule has 0 bridgehead atoms. The molecule has 1 aromatic carbocycles. The Labute approximate surface area is 131 Å². The molecule has 0 fully saturated rings. The third kappa shape index (κ3) is 6.00. The van der Waals surface area contributed by atoms with E-state index in [4.69, 9.17) is 0 Å². The molecule has 0 radical (unpaired) electrons. The van der Waals surface area contributed by atoms with Gasteiger partial charge in [0.15, 0.2) is 5.96 Å². The van der Waals surface area contributed by atoms with Crippen molar-refractivity contribution in [1.29, 1.82) is 0 Å². The molecule has 21 heavy (non-hydrogen) atoms. The highest BCUT2D eigenvalue weighted by Gasteiger charge is 1.98. The lowest BCUT2D eigenvalue weighted by Gasteiger charge is -2.11. The van der Waals surface area contributed by atoms with E-state index in [1.165, 1.54) is 10.4 Å². The van der Waals surface area contributed by atoms with Crippen molar-refractivity contribution in [2.75, 3.05) is 19.6 Å². The zero-order valence-corrected chi connectivity index (χ0v) is 13.3. The molecule has 3 nitrogen and oxygen atoms in total. The molecule has 0 saturated carbocycles. The van der Waals surface area contributed by atoms with E-state index in [1.54, 1.807) is 11.3 Å². The first kappa shape index (κ1) is 15.6. The van der Waals surface area contributed by atoms with Crippen molar-refractivity contribution < 1.29 is 0 Å². The number of thiophene rings is 1. The molecule has 0 unspecified atom stereocenters. The standard InChI is InChI=1S/C17H23N3S/c1-2-18-17(20-13-11-16-9-6-14-21-16)19-12-10-15-7-4-3-5-8-15/h3-9,14H,2,10-13H2,1H3,(H2,18,19,20). The Morgan fingerprint density at radius 2 is 1.90 bits per heavy atom. The molecule has 2 N–H and O–H groups in total. The molecular weight excluding hydrogens is 278 g/mol. The van der Waals surface area contributed by atoms with Gasteiger partial charge in [0.05, 0.1) is 0 Å². The Balaban J connectivity index is 1.75. The third-order valence-electron chi connectivity index (χ3n) is 3.10. The first-order valence-electron chi connectivity index (χ1n) is 7.47. The quantitative estimate of drug-likeness (QED) is 0.609. The number of aliphatic imine (C=N–C) groups is 1. The third-order valence-corrected chi connectivity index (χ3v) is 4.04. The van der Waals surface area contributed by atoms with Crippen LogP contribution in [0.4, 0.5) is 0 Å². The minimum Gasteiger partial charge on any atom is -0.357 e. The molecule has 4 heteroatoms. The van der Waals surface area contributed by atoms with Crippen LogP contribution in [-0.4, -0.2) is 25.6 Å². The van der Waals surface area contributed by atoms with E-state index in [9.17, 15) is 0 Å². The van der Waals surface area contributed by atoms with Gasteiger partial charge in [-0.25, -0.2) is 0 Å². The van der Waals surface area contributed by atoms with Crippen LogP contribution < -0.4 is 10.6 Å². The average Bonchev–Trinajstić information content (AvgIpc) is 3.02. The summed E-state index contributed by atoms with van der Waals surface area (Å²) in [5.41, 5.74) is 1.35. The summed E-state index contributed by atoms with van der Waals surface area (Å²) in [6.07, 6.45) is 2.02. The summed E-state index contributed by atoms with van der Waals surface area (Å²) in [6, 6.07) is 14.8. The van der Waals surface area contributed by atoms with Crippen LogP contribution in [0.15, 0.2) is 52.8 Å². The fraction of sp³-hybridized carbons (Fsp3) is 0.353. The first-order valence-corrected chi connectivity index (χ1v) is 8.35. The molecule has 2 rings (SSSR count). The molecule has 0 aliphatic heterocycles. The summed E-state index contributed by atoms with van der Waals surface area (Å²) in [7, 11) is 0. The van der Waals surface area contributed by atoms with Gasteiger partial charge in [-0.1, -0.05) is 36.4 Å². The van der Waals surface area contributed by atoms with Crippen LogP contribution in [0, 0.1) is 0 Å². The molecule has 0 aliphatic rings. The normalized spacial score (nSPS) is 11.4. The second-order valence-electron chi connectivity index (χ2n) is 4.75. The summed E-state index contributed by atoms with van der Waals surface area (Å²) >= 11 is 1.79. The molecule has 0 atom stereocenters. The van der Waals surface area contributed by atoms with Crippen molar-refractivity contribution in [3.05, 3.63) is 58.3 Å². The van der Waals surface area contributed by atoms with Crippen LogP contribution in [0.1, 0.15) is 17.4 Å². The van der Waals surface area contributed by atoms with Crippen LogP contribution >= 0.6 is 11.3 Å². The number of nitrogens with one attached hydrogen (secondary N) is 2. The van der Waals surface area contributed by atoms with Crippen LogP contribution in [-0.2, 0) is 12.8 Å². The molecule has 0 aliphatic carbocycles. The minimum absolute atomic E-state index is 0.821. The molecule has 1 aromatic heterocycles. The van der Waals surface area contributed by atoms with E-state index in [1.807, 2.05) is 6.07 Å². The molecule has 0 saturated heterocycles. The molecule has 1 heterocycles. The van der Waals surface area contributed by atoms with Gasteiger partial charge in [-0.3, -0.25) is 4.99 Å². The summed E-state index contributed by atoms with van der Waals surface area (Å²) in [5, 5.41) is 8.80. The highest BCUT2D eigenvalue weighted by molar-refractivity contribution is 7.09. The largest absolute Gasteiger partial charge is 0.357 e. The number of nitrogens with zero attached hydrogens (tertiary/aromatic N) is 1. The topological polar surface area (TPSA) is 36.4 Å². The lowest BCUT2D eigenvalue weighted by molar-refractivity contribution is 0.798. The lowest BCUT2D eigenvalue weighted by Crippen LogP contribution is -2.38. The zero-order chi connectivity index (χ0) is 14.8. The number of rotatable bonds is 7. The van der Waals surface area contributed by atoms with Gasteiger partial charge in [-0.2, -0.15) is 0 Å². The van der Waals surface area contributed by atoms with Crippen LogP contribution in [0.5, 0.6) is 0 Å². The van der Waals surface area contributed by atoms with Crippen LogP contribution in [0.2, 0.25) is 0 Å². The van der Waals surface area contributed by atoms with Gasteiger partial charge in [0, 0.05) is 30.9 Å². The van der Waals surface area contributed by atoms with E-state index in [0.29, 0.717) is 0 Å². The van der Waals surface area contributed by atoms with E-state index < -0.39 is 0 Å². The Bertz CT molecular complexity index is 520. The summed E-state index contributed by atoms with van der Waals surface area (Å²) < 4.78 is 0. The maximum absolute atomic E-state index is 4.62. The monoisotopic (exact) mass is 301 g/mol. The second-order valence-corrected chi connectivity index (χ2v) is 5.78. The van der Waals surface area contributed by atoms with Gasteiger partial charge in [-0.15, -0.1) is 11.3 Å². The fourth-order valence-corrected chi connectivity index (χ4v) is 2.74. The smallest absolute Gasteiger partial charge is 0.191 e. The highest BCUT2D eigenvalue weighted by Crippen LogP contribution is 2.08. The van der Waals surface area contributed by atoms with Crippen LogP contribution in [0.3, 0.4) is 0 Å². The van der Waals surface area contributed by atoms with E-state index >= 15 is 0 Å². The van der Waals surface area contributed by atoms with Crippen molar-refractivity contribution >= 4 is 17.3 Å². The van der Waals surface area contributed by atoms with Gasteiger partial charge in [0.2, 0.25) is 0 Å². The van der Waals surface area contributed by atoms with Crippen molar-refractivity contribution in [3.63, 3.8) is 0 Å². The van der Waals surface area contributed by atoms with Crippen molar-refractivity contribution in [1.82, 2.24) is 10.6 Å². The maximum Gasteiger partial charge on any atom is 0.191 e. The van der Waals surface area contributed by atoms with Gasteiger partial charge >= 0.3 is 0 Å². The molecule has 0 amide bonds. The number of hydrogen-bond donors (Lipinski definition) is 2. The summed E-state index contributed by atoms with van der Waals surface area (Å²) in [6.45, 7) is 4.69. The minimum atomic E-state index is 0.821. The van der Waals surface area contributed by atoms with Gasteiger partial charge in [0.1, 0.15) is 0 Å². The van der Waals surface area contributed by atoms with E-state index in [-0.39, 0.29) is 0 Å². The molecule has 112 valence electrons. The SMILES string of the molecule is CCNC(=NCCc1cccs1)NCCc1ccccc1. The van der Waals surface area contributed by atoms with Gasteiger partial charge in [0.25, 0.3) is 0 Å².